The van der Waals surface area contributed by atoms with Gasteiger partial charge in [0.15, 0.2) is 0 Å². The van der Waals surface area contributed by atoms with Crippen LogP contribution in [-0.4, -0.2) is 29.9 Å². The van der Waals surface area contributed by atoms with Crippen LogP contribution in [0.15, 0.2) is 0 Å². The standard InChI is InChI=1S/C5H9NO3/c1-4(3-7)6-2-5(8)9/h3-4,6H,2H2,1H3,(H,8,9)/t4-/m1/s1. The van der Waals surface area contributed by atoms with E-state index in [2.05, 4.69) is 5.32 Å². The van der Waals surface area contributed by atoms with Gasteiger partial charge in [-0.15, -0.1) is 0 Å². The monoisotopic (exact) mass is 131 g/mol. The van der Waals surface area contributed by atoms with E-state index in [1.807, 2.05) is 0 Å². The van der Waals surface area contributed by atoms with E-state index in [1.54, 1.807) is 6.92 Å². The smallest absolute Gasteiger partial charge is 0.317 e. The molecule has 0 rings (SSSR count). The van der Waals surface area contributed by atoms with Crippen LogP contribution in [0.3, 0.4) is 0 Å². The number of carbonyl (C=O) groups is 2. The zero-order valence-electron chi connectivity index (χ0n) is 5.13. The fourth-order valence-corrected chi connectivity index (χ4v) is 0.296. The maximum atomic E-state index is 9.86. The average Bonchev–Trinajstić information content (AvgIpc) is 1.83. The lowest BCUT2D eigenvalue weighted by Gasteiger charge is -2.01. The molecule has 0 heterocycles. The highest BCUT2D eigenvalue weighted by Gasteiger charge is 1.99. The molecule has 0 unspecified atom stereocenters. The summed E-state index contributed by atoms with van der Waals surface area (Å²) in [5.41, 5.74) is 0. The predicted octanol–water partition coefficient (Wildman–Crippen LogP) is -0.752. The van der Waals surface area contributed by atoms with E-state index >= 15 is 0 Å². The first-order valence-electron chi connectivity index (χ1n) is 2.57. The molecule has 2 N–H and O–H groups in total. The summed E-state index contributed by atoms with van der Waals surface area (Å²) in [6.45, 7) is 1.43. The second-order valence-corrected chi connectivity index (χ2v) is 1.70. The van der Waals surface area contributed by atoms with Gasteiger partial charge in [-0.05, 0) is 6.92 Å². The number of rotatable bonds is 4. The Kier molecular flexibility index (Phi) is 3.62. The van der Waals surface area contributed by atoms with Gasteiger partial charge in [-0.3, -0.25) is 10.1 Å². The van der Waals surface area contributed by atoms with Crippen molar-refractivity contribution in [2.75, 3.05) is 6.54 Å². The minimum atomic E-state index is -0.955. The summed E-state index contributed by atoms with van der Waals surface area (Å²) in [7, 11) is 0. The van der Waals surface area contributed by atoms with Crippen molar-refractivity contribution in [1.82, 2.24) is 5.32 Å². The molecule has 52 valence electrons. The molecule has 0 aromatic rings. The quantitative estimate of drug-likeness (QED) is 0.492. The van der Waals surface area contributed by atoms with E-state index in [9.17, 15) is 9.59 Å². The molecule has 0 aliphatic carbocycles. The van der Waals surface area contributed by atoms with Gasteiger partial charge in [-0.2, -0.15) is 0 Å². The van der Waals surface area contributed by atoms with Gasteiger partial charge in [0.25, 0.3) is 0 Å². The van der Waals surface area contributed by atoms with Gasteiger partial charge >= 0.3 is 5.97 Å². The Balaban J connectivity index is 3.26. The second kappa shape index (κ2) is 4.03. The molecule has 0 bridgehead atoms. The van der Waals surface area contributed by atoms with Crippen molar-refractivity contribution in [3.8, 4) is 0 Å². The van der Waals surface area contributed by atoms with Crippen molar-refractivity contribution < 1.29 is 14.7 Å². The zero-order chi connectivity index (χ0) is 7.28. The third-order valence-corrected chi connectivity index (χ3v) is 0.779. The number of hydrogen-bond donors (Lipinski definition) is 2. The van der Waals surface area contributed by atoms with Gasteiger partial charge in [-0.25, -0.2) is 0 Å². The molecular formula is C5H9NO3. The summed E-state index contributed by atoms with van der Waals surface area (Å²) in [6.07, 6.45) is 0.656. The van der Waals surface area contributed by atoms with Gasteiger partial charge < -0.3 is 9.90 Å². The van der Waals surface area contributed by atoms with Crippen LogP contribution in [0, 0.1) is 0 Å². The largest absolute Gasteiger partial charge is 0.480 e. The fourth-order valence-electron chi connectivity index (χ4n) is 0.296. The van der Waals surface area contributed by atoms with Crippen LogP contribution < -0.4 is 5.32 Å². The minimum Gasteiger partial charge on any atom is -0.480 e. The molecule has 1 atom stereocenters. The molecule has 4 nitrogen and oxygen atoms in total. The molecule has 0 aromatic carbocycles. The normalized spacial score (nSPS) is 12.6. The molecule has 0 aromatic heterocycles. The highest BCUT2D eigenvalue weighted by Crippen LogP contribution is 1.70. The maximum absolute atomic E-state index is 9.86. The summed E-state index contributed by atoms with van der Waals surface area (Å²) in [5.74, 6) is -0.955. The number of hydrogen-bond acceptors (Lipinski definition) is 3. The lowest BCUT2D eigenvalue weighted by Crippen LogP contribution is -2.32. The fraction of sp³-hybridized carbons (Fsp3) is 0.600. The Morgan fingerprint density at radius 1 is 1.89 bits per heavy atom. The number of carboxylic acids is 1. The number of aldehydes is 1. The minimum absolute atomic E-state index is 0.167. The molecule has 0 radical (unpaired) electrons. The molecule has 0 amide bonds. The van der Waals surface area contributed by atoms with Crippen molar-refractivity contribution in [2.24, 2.45) is 0 Å². The van der Waals surface area contributed by atoms with Crippen LogP contribution in [0.5, 0.6) is 0 Å². The molecule has 0 aliphatic heterocycles. The first-order valence-corrected chi connectivity index (χ1v) is 2.57. The van der Waals surface area contributed by atoms with E-state index in [0.717, 1.165) is 0 Å². The molecule has 4 heteroatoms. The molecular weight excluding hydrogens is 122 g/mol. The topological polar surface area (TPSA) is 66.4 Å². The van der Waals surface area contributed by atoms with Gasteiger partial charge in [0.05, 0.1) is 12.6 Å². The summed E-state index contributed by atoms with van der Waals surface area (Å²) in [4.78, 5) is 19.7. The zero-order valence-corrected chi connectivity index (χ0v) is 5.13. The van der Waals surface area contributed by atoms with Gasteiger partial charge in [0, 0.05) is 0 Å². The third-order valence-electron chi connectivity index (χ3n) is 0.779. The molecule has 0 saturated heterocycles. The lowest BCUT2D eigenvalue weighted by atomic mass is 10.4. The number of aliphatic carboxylic acids is 1. The SMILES string of the molecule is C[C@H](C=O)NCC(=O)O. The maximum Gasteiger partial charge on any atom is 0.317 e. The van der Waals surface area contributed by atoms with Gasteiger partial charge in [-0.1, -0.05) is 0 Å². The molecule has 0 fully saturated rings. The van der Waals surface area contributed by atoms with Crippen molar-refractivity contribution in [3.05, 3.63) is 0 Å². The molecule has 0 aliphatic rings. The molecule has 0 saturated carbocycles. The summed E-state index contributed by atoms with van der Waals surface area (Å²) in [5, 5.41) is 10.5. The number of carbonyl (C=O) groups excluding carboxylic acids is 1. The van der Waals surface area contributed by atoms with Crippen molar-refractivity contribution in [2.45, 2.75) is 13.0 Å². The van der Waals surface area contributed by atoms with Gasteiger partial charge in [0.1, 0.15) is 6.29 Å². The Bertz CT molecular complexity index is 113. The predicted molar refractivity (Wildman–Crippen MR) is 31.2 cm³/mol. The van der Waals surface area contributed by atoms with Crippen LogP contribution in [0.1, 0.15) is 6.92 Å². The highest BCUT2D eigenvalue weighted by molar-refractivity contribution is 5.70. The van der Waals surface area contributed by atoms with E-state index < -0.39 is 5.97 Å². The van der Waals surface area contributed by atoms with E-state index in [-0.39, 0.29) is 12.6 Å². The lowest BCUT2D eigenvalue weighted by molar-refractivity contribution is -0.136. The van der Waals surface area contributed by atoms with Gasteiger partial charge in [0.2, 0.25) is 0 Å². The highest BCUT2D eigenvalue weighted by atomic mass is 16.4. The summed E-state index contributed by atoms with van der Waals surface area (Å²) in [6, 6.07) is -0.374. The Hall–Kier alpha value is -0.900. The van der Waals surface area contributed by atoms with Crippen LogP contribution in [0.2, 0.25) is 0 Å². The Labute approximate surface area is 52.9 Å². The van der Waals surface area contributed by atoms with E-state index in [4.69, 9.17) is 5.11 Å². The third kappa shape index (κ3) is 4.96. The van der Waals surface area contributed by atoms with Crippen LogP contribution in [-0.2, 0) is 9.59 Å². The van der Waals surface area contributed by atoms with E-state index in [1.165, 1.54) is 0 Å². The van der Waals surface area contributed by atoms with Crippen LogP contribution >= 0.6 is 0 Å². The van der Waals surface area contributed by atoms with E-state index in [0.29, 0.717) is 6.29 Å². The second-order valence-electron chi connectivity index (χ2n) is 1.70. The number of carboxylic acid groups (broad SMARTS) is 1. The van der Waals surface area contributed by atoms with Crippen molar-refractivity contribution in [1.29, 1.82) is 0 Å². The molecule has 0 spiro atoms. The molecule has 9 heavy (non-hydrogen) atoms. The first-order chi connectivity index (χ1) is 4.16. The Morgan fingerprint density at radius 2 is 2.44 bits per heavy atom. The average molecular weight is 131 g/mol. The summed E-state index contributed by atoms with van der Waals surface area (Å²) < 4.78 is 0. The van der Waals surface area contributed by atoms with Crippen molar-refractivity contribution >= 4 is 12.3 Å². The Morgan fingerprint density at radius 3 is 2.78 bits per heavy atom. The summed E-state index contributed by atoms with van der Waals surface area (Å²) >= 11 is 0. The van der Waals surface area contributed by atoms with Crippen LogP contribution in [0.25, 0.3) is 0 Å². The number of nitrogens with one attached hydrogen (secondary N) is 1. The van der Waals surface area contributed by atoms with Crippen molar-refractivity contribution in [3.63, 3.8) is 0 Å². The van der Waals surface area contributed by atoms with Crippen LogP contribution in [0.4, 0.5) is 0 Å². The first kappa shape index (κ1) is 8.10.